The fourth-order valence-corrected chi connectivity index (χ4v) is 1.57. The van der Waals surface area contributed by atoms with Gasteiger partial charge in [-0.25, -0.2) is 0 Å². The number of carbonyl (C=O) groups is 1. The predicted octanol–water partition coefficient (Wildman–Crippen LogP) is 2.50. The van der Waals surface area contributed by atoms with E-state index in [1.807, 2.05) is 0 Å². The second kappa shape index (κ2) is 5.57. The van der Waals surface area contributed by atoms with Gasteiger partial charge in [-0.1, -0.05) is 11.6 Å². The standard InChI is InChI=1S/C11H8ClN3O5/c1-19-10-5-9(20-14-10)11(16)13-6-2-3-7(12)8(4-6)15(17)18/h2-5H,1H3,(H,13,16). The molecule has 1 aromatic carbocycles. The molecule has 2 aromatic rings. The summed E-state index contributed by atoms with van der Waals surface area (Å²) in [7, 11) is 1.38. The summed E-state index contributed by atoms with van der Waals surface area (Å²) >= 11 is 5.67. The summed E-state index contributed by atoms with van der Waals surface area (Å²) < 4.78 is 9.51. The van der Waals surface area contributed by atoms with Crippen LogP contribution in [0.3, 0.4) is 0 Å². The Bertz CT molecular complexity index is 670. The van der Waals surface area contributed by atoms with Crippen molar-refractivity contribution in [2.75, 3.05) is 12.4 Å². The number of hydrogen-bond acceptors (Lipinski definition) is 6. The van der Waals surface area contributed by atoms with Gasteiger partial charge in [-0.15, -0.1) is 0 Å². The maximum absolute atomic E-state index is 11.8. The maximum Gasteiger partial charge on any atom is 0.294 e. The van der Waals surface area contributed by atoms with Gasteiger partial charge in [-0.3, -0.25) is 14.9 Å². The number of anilines is 1. The molecule has 0 saturated carbocycles. The number of carbonyl (C=O) groups excluding carboxylic acids is 1. The van der Waals surface area contributed by atoms with Crippen molar-refractivity contribution < 1.29 is 19.0 Å². The van der Waals surface area contributed by atoms with Crippen LogP contribution < -0.4 is 10.1 Å². The SMILES string of the molecule is COc1cc(C(=O)Nc2ccc(Cl)c([N+](=O)[O-])c2)on1. The fraction of sp³-hybridized carbons (Fsp3) is 0.0909. The topological polar surface area (TPSA) is 108 Å². The van der Waals surface area contributed by atoms with Crippen LogP contribution in [-0.4, -0.2) is 23.1 Å². The largest absolute Gasteiger partial charge is 0.479 e. The molecule has 104 valence electrons. The Morgan fingerprint density at radius 2 is 2.25 bits per heavy atom. The molecule has 0 radical (unpaired) electrons. The first kappa shape index (κ1) is 13.8. The molecule has 1 aromatic heterocycles. The van der Waals surface area contributed by atoms with E-state index in [4.69, 9.17) is 20.9 Å². The van der Waals surface area contributed by atoms with Gasteiger partial charge in [-0.05, 0) is 17.3 Å². The van der Waals surface area contributed by atoms with E-state index in [0.29, 0.717) is 0 Å². The number of nitrogens with zero attached hydrogens (tertiary/aromatic N) is 2. The number of benzene rings is 1. The van der Waals surface area contributed by atoms with Crippen molar-refractivity contribution in [1.82, 2.24) is 5.16 Å². The Kier molecular flexibility index (Phi) is 3.85. The monoisotopic (exact) mass is 297 g/mol. The van der Waals surface area contributed by atoms with Gasteiger partial charge in [0.2, 0.25) is 5.76 Å². The Labute approximate surface area is 117 Å². The van der Waals surface area contributed by atoms with Crippen molar-refractivity contribution in [3.8, 4) is 5.88 Å². The molecule has 0 spiro atoms. The van der Waals surface area contributed by atoms with Crippen LogP contribution in [0.1, 0.15) is 10.6 Å². The highest BCUT2D eigenvalue weighted by Gasteiger charge is 2.17. The van der Waals surface area contributed by atoms with Crippen molar-refractivity contribution in [1.29, 1.82) is 0 Å². The van der Waals surface area contributed by atoms with Crippen LogP contribution in [0.25, 0.3) is 0 Å². The molecule has 1 N–H and O–H groups in total. The molecule has 0 aliphatic carbocycles. The minimum Gasteiger partial charge on any atom is -0.479 e. The van der Waals surface area contributed by atoms with Crippen LogP contribution in [-0.2, 0) is 0 Å². The number of nitro groups is 1. The number of hydrogen-bond donors (Lipinski definition) is 1. The third kappa shape index (κ3) is 2.86. The summed E-state index contributed by atoms with van der Waals surface area (Å²) in [5, 5.41) is 16.6. The molecule has 0 aliphatic heterocycles. The van der Waals surface area contributed by atoms with Crippen LogP contribution >= 0.6 is 11.6 Å². The minimum atomic E-state index is -0.643. The summed E-state index contributed by atoms with van der Waals surface area (Å²) in [6.45, 7) is 0. The number of nitrogens with one attached hydrogen (secondary N) is 1. The van der Waals surface area contributed by atoms with Gasteiger partial charge >= 0.3 is 0 Å². The van der Waals surface area contributed by atoms with Crippen LogP contribution in [0.5, 0.6) is 5.88 Å². The molecule has 0 saturated heterocycles. The molecule has 9 heteroatoms. The number of aromatic nitrogens is 1. The smallest absolute Gasteiger partial charge is 0.294 e. The lowest BCUT2D eigenvalue weighted by Crippen LogP contribution is -2.11. The van der Waals surface area contributed by atoms with Crippen LogP contribution in [0.15, 0.2) is 28.8 Å². The van der Waals surface area contributed by atoms with Crippen molar-refractivity contribution in [2.24, 2.45) is 0 Å². The molecule has 0 unspecified atom stereocenters. The van der Waals surface area contributed by atoms with Gasteiger partial charge in [0, 0.05) is 11.8 Å². The van der Waals surface area contributed by atoms with Gasteiger partial charge in [0.15, 0.2) is 0 Å². The number of amides is 1. The first-order valence-electron chi connectivity index (χ1n) is 5.27. The average molecular weight is 298 g/mol. The van der Waals surface area contributed by atoms with Crippen molar-refractivity contribution in [3.63, 3.8) is 0 Å². The van der Waals surface area contributed by atoms with Gasteiger partial charge in [-0.2, -0.15) is 0 Å². The highest BCUT2D eigenvalue weighted by atomic mass is 35.5. The van der Waals surface area contributed by atoms with E-state index in [1.54, 1.807) is 0 Å². The molecular weight excluding hydrogens is 290 g/mol. The molecule has 0 atom stereocenters. The number of ether oxygens (including phenoxy) is 1. The lowest BCUT2D eigenvalue weighted by atomic mass is 10.2. The highest BCUT2D eigenvalue weighted by Crippen LogP contribution is 2.27. The van der Waals surface area contributed by atoms with Crippen LogP contribution in [0, 0.1) is 10.1 Å². The lowest BCUT2D eigenvalue weighted by molar-refractivity contribution is -0.384. The van der Waals surface area contributed by atoms with E-state index in [1.165, 1.54) is 25.3 Å². The number of nitro benzene ring substituents is 1. The molecule has 1 heterocycles. The zero-order valence-corrected chi connectivity index (χ0v) is 10.9. The summed E-state index contributed by atoms with van der Waals surface area (Å²) in [5.74, 6) is -0.547. The second-order valence-corrected chi connectivity index (χ2v) is 4.02. The Hall–Kier alpha value is -2.61. The van der Waals surface area contributed by atoms with Gasteiger partial charge < -0.3 is 14.6 Å². The van der Waals surface area contributed by atoms with E-state index in [9.17, 15) is 14.9 Å². The lowest BCUT2D eigenvalue weighted by Gasteiger charge is -2.03. The number of methoxy groups -OCH3 is 1. The summed E-state index contributed by atoms with van der Waals surface area (Å²) in [4.78, 5) is 21.9. The normalized spacial score (nSPS) is 10.1. The van der Waals surface area contributed by atoms with Gasteiger partial charge in [0.25, 0.3) is 17.5 Å². The van der Waals surface area contributed by atoms with Crippen LogP contribution in [0.2, 0.25) is 5.02 Å². The van der Waals surface area contributed by atoms with E-state index in [2.05, 4.69) is 10.5 Å². The number of halogens is 1. The Morgan fingerprint density at radius 1 is 1.50 bits per heavy atom. The quantitative estimate of drug-likeness (QED) is 0.686. The second-order valence-electron chi connectivity index (χ2n) is 3.61. The molecule has 0 bridgehead atoms. The number of rotatable bonds is 4. The van der Waals surface area contributed by atoms with Crippen molar-refractivity contribution in [3.05, 3.63) is 45.2 Å². The van der Waals surface area contributed by atoms with Crippen LogP contribution in [0.4, 0.5) is 11.4 Å². The molecular formula is C11H8ClN3O5. The summed E-state index contributed by atoms with van der Waals surface area (Å²) in [6, 6.07) is 5.19. The molecule has 0 aliphatic rings. The third-order valence-electron chi connectivity index (χ3n) is 2.32. The first-order valence-corrected chi connectivity index (χ1v) is 5.65. The molecule has 20 heavy (non-hydrogen) atoms. The molecule has 2 rings (SSSR count). The molecule has 1 amide bonds. The summed E-state index contributed by atoms with van der Waals surface area (Å²) in [6.07, 6.45) is 0. The zero-order valence-electron chi connectivity index (χ0n) is 10.1. The fourth-order valence-electron chi connectivity index (χ4n) is 1.39. The molecule has 0 fully saturated rings. The van der Waals surface area contributed by atoms with Gasteiger partial charge in [0.1, 0.15) is 5.02 Å². The van der Waals surface area contributed by atoms with Crippen molar-refractivity contribution >= 4 is 28.9 Å². The Balaban J connectivity index is 2.19. The first-order chi connectivity index (χ1) is 9.51. The van der Waals surface area contributed by atoms with E-state index >= 15 is 0 Å². The Morgan fingerprint density at radius 3 is 2.85 bits per heavy atom. The third-order valence-corrected chi connectivity index (χ3v) is 2.64. The predicted molar refractivity (Wildman–Crippen MR) is 69.1 cm³/mol. The zero-order chi connectivity index (χ0) is 14.7. The van der Waals surface area contributed by atoms with E-state index in [0.717, 1.165) is 6.07 Å². The average Bonchev–Trinajstić information content (AvgIpc) is 2.89. The maximum atomic E-state index is 11.8. The van der Waals surface area contributed by atoms with E-state index in [-0.39, 0.29) is 28.0 Å². The van der Waals surface area contributed by atoms with Gasteiger partial charge in [0.05, 0.1) is 18.1 Å². The van der Waals surface area contributed by atoms with E-state index < -0.39 is 10.8 Å². The summed E-state index contributed by atoms with van der Waals surface area (Å²) in [5.41, 5.74) is -0.0962. The minimum absolute atomic E-state index is 0.0191. The van der Waals surface area contributed by atoms with Crippen molar-refractivity contribution in [2.45, 2.75) is 0 Å². The highest BCUT2D eigenvalue weighted by molar-refractivity contribution is 6.32. The molecule has 8 nitrogen and oxygen atoms in total.